The Bertz CT molecular complexity index is 524. The molecule has 0 atom stereocenters. The Morgan fingerprint density at radius 2 is 1.95 bits per heavy atom. The summed E-state index contributed by atoms with van der Waals surface area (Å²) in [5.41, 5.74) is 1.96. The fourth-order valence-corrected chi connectivity index (χ4v) is 2.64. The second-order valence-corrected chi connectivity index (χ2v) is 5.56. The number of ether oxygens (including phenoxy) is 1. The van der Waals surface area contributed by atoms with Gasteiger partial charge in [-0.3, -0.25) is 14.5 Å². The number of likely N-dealkylation sites (tertiary alicyclic amines) is 1. The molecular weight excluding hydrogens is 268 g/mol. The smallest absolute Gasteiger partial charge is 0.229 e. The van der Waals surface area contributed by atoms with E-state index in [0.717, 1.165) is 17.7 Å². The van der Waals surface area contributed by atoms with Crippen LogP contribution in [0.3, 0.4) is 0 Å². The van der Waals surface area contributed by atoms with Crippen LogP contribution in [0.25, 0.3) is 0 Å². The fourth-order valence-electron chi connectivity index (χ4n) is 2.64. The third-order valence-electron chi connectivity index (χ3n) is 3.70. The van der Waals surface area contributed by atoms with Crippen molar-refractivity contribution in [1.29, 1.82) is 0 Å². The van der Waals surface area contributed by atoms with Crippen molar-refractivity contribution in [2.45, 2.75) is 32.9 Å². The number of hydrogen-bond donors (Lipinski definition) is 1. The first-order valence-electron chi connectivity index (χ1n) is 7.18. The van der Waals surface area contributed by atoms with E-state index < -0.39 is 0 Å². The molecule has 5 heteroatoms. The van der Waals surface area contributed by atoms with Gasteiger partial charge >= 0.3 is 0 Å². The van der Waals surface area contributed by atoms with Crippen molar-refractivity contribution in [3.05, 3.63) is 29.3 Å². The summed E-state index contributed by atoms with van der Waals surface area (Å²) in [4.78, 5) is 25.5. The van der Waals surface area contributed by atoms with Crippen LogP contribution in [0.15, 0.2) is 18.2 Å². The Morgan fingerprint density at radius 1 is 1.29 bits per heavy atom. The van der Waals surface area contributed by atoms with Crippen molar-refractivity contribution in [2.75, 3.05) is 14.2 Å². The van der Waals surface area contributed by atoms with Crippen molar-refractivity contribution < 1.29 is 14.3 Å². The average molecular weight is 290 g/mol. The highest BCUT2D eigenvalue weighted by Crippen LogP contribution is 2.25. The van der Waals surface area contributed by atoms with Gasteiger partial charge in [0.1, 0.15) is 5.75 Å². The Hall–Kier alpha value is -1.88. The van der Waals surface area contributed by atoms with Gasteiger partial charge in [0.15, 0.2) is 0 Å². The van der Waals surface area contributed by atoms with Crippen molar-refractivity contribution in [3.63, 3.8) is 0 Å². The Labute approximate surface area is 125 Å². The van der Waals surface area contributed by atoms with Crippen LogP contribution in [0.5, 0.6) is 5.75 Å². The highest BCUT2D eigenvalue weighted by molar-refractivity contribution is 5.97. The highest BCUT2D eigenvalue weighted by Gasteiger charge is 2.30. The number of rotatable bonds is 5. The minimum Gasteiger partial charge on any atom is -0.496 e. The van der Waals surface area contributed by atoms with Crippen LogP contribution in [0.1, 0.15) is 30.9 Å². The van der Waals surface area contributed by atoms with Gasteiger partial charge in [-0.15, -0.1) is 0 Å². The van der Waals surface area contributed by atoms with Crippen LogP contribution in [-0.4, -0.2) is 30.9 Å². The summed E-state index contributed by atoms with van der Waals surface area (Å²) >= 11 is 0. The summed E-state index contributed by atoms with van der Waals surface area (Å²) in [7, 11) is 3.47. The van der Waals surface area contributed by atoms with E-state index >= 15 is 0 Å². The number of nitrogens with one attached hydrogen (secondary N) is 1. The Balaban J connectivity index is 2.22. The van der Waals surface area contributed by atoms with Crippen LogP contribution >= 0.6 is 0 Å². The number of hydrogen-bond acceptors (Lipinski definition) is 4. The number of carbonyl (C=O) groups excluding carboxylic acids is 2. The van der Waals surface area contributed by atoms with Gasteiger partial charge in [0, 0.05) is 24.9 Å². The second-order valence-electron chi connectivity index (χ2n) is 5.56. The third-order valence-corrected chi connectivity index (χ3v) is 3.70. The Kier molecular flexibility index (Phi) is 4.96. The van der Waals surface area contributed by atoms with Crippen LogP contribution < -0.4 is 10.1 Å². The van der Waals surface area contributed by atoms with Crippen LogP contribution in [0.2, 0.25) is 0 Å². The topological polar surface area (TPSA) is 58.6 Å². The van der Waals surface area contributed by atoms with Crippen molar-refractivity contribution in [1.82, 2.24) is 10.2 Å². The molecule has 0 radical (unpaired) electrons. The molecule has 0 aliphatic carbocycles. The molecular formula is C16H22N2O3. The largest absolute Gasteiger partial charge is 0.496 e. The van der Waals surface area contributed by atoms with Crippen LogP contribution in [0, 0.1) is 5.92 Å². The molecule has 1 fully saturated rings. The molecule has 5 nitrogen and oxygen atoms in total. The van der Waals surface area contributed by atoms with Gasteiger partial charge in [-0.2, -0.15) is 0 Å². The maximum Gasteiger partial charge on any atom is 0.229 e. The first-order chi connectivity index (χ1) is 10.0. The molecule has 1 aliphatic heterocycles. The molecule has 1 aromatic carbocycles. The van der Waals surface area contributed by atoms with Gasteiger partial charge < -0.3 is 10.1 Å². The van der Waals surface area contributed by atoms with E-state index in [-0.39, 0.29) is 24.3 Å². The normalized spacial score (nSPS) is 16.4. The maximum atomic E-state index is 12.1. The molecule has 2 rings (SSSR count). The monoisotopic (exact) mass is 290 g/mol. The van der Waals surface area contributed by atoms with E-state index in [0.29, 0.717) is 18.6 Å². The number of methoxy groups -OCH3 is 1. The van der Waals surface area contributed by atoms with Crippen molar-refractivity contribution in [2.24, 2.45) is 5.92 Å². The van der Waals surface area contributed by atoms with Crippen molar-refractivity contribution >= 4 is 11.8 Å². The lowest BCUT2D eigenvalue weighted by Gasteiger charge is -2.28. The zero-order valence-corrected chi connectivity index (χ0v) is 12.8. The maximum absolute atomic E-state index is 12.1. The first-order valence-corrected chi connectivity index (χ1v) is 7.18. The molecule has 0 unspecified atom stereocenters. The summed E-state index contributed by atoms with van der Waals surface area (Å²) < 4.78 is 5.34. The first kappa shape index (κ1) is 15.5. The molecule has 1 N–H and O–H groups in total. The molecule has 1 aromatic rings. The lowest BCUT2D eigenvalue weighted by Crippen LogP contribution is -2.42. The SMILES string of the molecule is CNCc1ccc(OC)c(CN2C(=O)CC(C)CC2=O)c1. The van der Waals surface area contributed by atoms with E-state index in [4.69, 9.17) is 4.74 Å². The minimum absolute atomic E-state index is 0.0974. The van der Waals surface area contributed by atoms with Gasteiger partial charge in [-0.25, -0.2) is 0 Å². The predicted molar refractivity (Wildman–Crippen MR) is 79.7 cm³/mol. The minimum atomic E-state index is -0.0974. The number of piperidine rings is 1. The van der Waals surface area contributed by atoms with E-state index in [1.54, 1.807) is 7.11 Å². The summed E-state index contributed by atoms with van der Waals surface area (Å²) in [5.74, 6) is 0.646. The summed E-state index contributed by atoms with van der Waals surface area (Å²) in [6.07, 6.45) is 0.870. The van der Waals surface area contributed by atoms with Gasteiger partial charge in [0.05, 0.1) is 13.7 Å². The predicted octanol–water partition coefficient (Wildman–Crippen LogP) is 1.70. The summed E-state index contributed by atoms with van der Waals surface area (Å²) in [6, 6.07) is 5.83. The molecule has 0 bridgehead atoms. The molecule has 21 heavy (non-hydrogen) atoms. The van der Waals surface area contributed by atoms with Gasteiger partial charge in [0.25, 0.3) is 0 Å². The standard InChI is InChI=1S/C16H22N2O3/c1-11-6-15(19)18(16(20)7-11)10-13-8-12(9-17-2)4-5-14(13)21-3/h4-5,8,11,17H,6-7,9-10H2,1-3H3. The second kappa shape index (κ2) is 6.72. The molecule has 1 aliphatic rings. The van der Waals surface area contributed by atoms with E-state index in [1.807, 2.05) is 32.2 Å². The number of amides is 2. The van der Waals surface area contributed by atoms with Crippen LogP contribution in [-0.2, 0) is 22.7 Å². The molecule has 0 spiro atoms. The molecule has 1 saturated heterocycles. The quantitative estimate of drug-likeness (QED) is 0.839. The molecule has 2 amide bonds. The number of carbonyl (C=O) groups is 2. The number of nitrogens with zero attached hydrogens (tertiary/aromatic N) is 1. The van der Waals surface area contributed by atoms with E-state index in [9.17, 15) is 9.59 Å². The summed E-state index contributed by atoms with van der Waals surface area (Å²) in [5, 5.41) is 3.09. The van der Waals surface area contributed by atoms with E-state index in [1.165, 1.54) is 4.90 Å². The molecule has 0 aromatic heterocycles. The molecule has 1 heterocycles. The lowest BCUT2D eigenvalue weighted by atomic mass is 9.97. The summed E-state index contributed by atoms with van der Waals surface area (Å²) in [6.45, 7) is 2.95. The zero-order chi connectivity index (χ0) is 15.4. The lowest BCUT2D eigenvalue weighted by molar-refractivity contribution is -0.150. The van der Waals surface area contributed by atoms with Gasteiger partial charge in [-0.05, 0) is 30.7 Å². The van der Waals surface area contributed by atoms with Crippen molar-refractivity contribution in [3.8, 4) is 5.75 Å². The number of benzene rings is 1. The fraction of sp³-hybridized carbons (Fsp3) is 0.500. The van der Waals surface area contributed by atoms with Gasteiger partial charge in [0.2, 0.25) is 11.8 Å². The van der Waals surface area contributed by atoms with Crippen LogP contribution in [0.4, 0.5) is 0 Å². The molecule has 114 valence electrons. The zero-order valence-electron chi connectivity index (χ0n) is 12.8. The van der Waals surface area contributed by atoms with Gasteiger partial charge in [-0.1, -0.05) is 13.0 Å². The Morgan fingerprint density at radius 3 is 2.52 bits per heavy atom. The number of imide groups is 1. The van der Waals surface area contributed by atoms with E-state index in [2.05, 4.69) is 5.32 Å². The third kappa shape index (κ3) is 3.61. The average Bonchev–Trinajstić information content (AvgIpc) is 2.43. The highest BCUT2D eigenvalue weighted by atomic mass is 16.5. The molecule has 0 saturated carbocycles.